The summed E-state index contributed by atoms with van der Waals surface area (Å²) in [4.78, 5) is 13.0. The van der Waals surface area contributed by atoms with Crippen LogP contribution in [0.5, 0.6) is 0 Å². The number of hydrogen-bond acceptors (Lipinski definition) is 2. The molecule has 0 aliphatic rings. The molecule has 0 fully saturated rings. The number of carbonyl (C=O) groups excluding carboxylic acids is 1. The van der Waals surface area contributed by atoms with Gasteiger partial charge in [0.05, 0.1) is 5.69 Å². The summed E-state index contributed by atoms with van der Waals surface area (Å²) in [5, 5.41) is 0. The Labute approximate surface area is 106 Å². The van der Waals surface area contributed by atoms with Crippen LogP contribution in [-0.4, -0.2) is 19.4 Å². The first kappa shape index (κ1) is 13.2. The lowest BCUT2D eigenvalue weighted by atomic mass is 10.1. The van der Waals surface area contributed by atoms with Gasteiger partial charge in [0.15, 0.2) is 0 Å². The fourth-order valence-corrected chi connectivity index (χ4v) is 2.34. The van der Waals surface area contributed by atoms with E-state index in [1.807, 2.05) is 18.2 Å². The van der Waals surface area contributed by atoms with Crippen molar-refractivity contribution in [1.82, 2.24) is 0 Å². The normalized spacial score (nSPS) is 10.6. The molecule has 0 unspecified atom stereocenters. The Morgan fingerprint density at radius 2 is 2.12 bits per heavy atom. The van der Waals surface area contributed by atoms with E-state index in [2.05, 4.69) is 41.6 Å². The van der Waals surface area contributed by atoms with Crippen molar-refractivity contribution in [3.8, 4) is 0 Å². The second-order valence-electron chi connectivity index (χ2n) is 4.26. The molecular formula is C13H18BrNO. The van der Waals surface area contributed by atoms with Crippen LogP contribution in [0.2, 0.25) is 0 Å². The van der Waals surface area contributed by atoms with E-state index in [1.165, 1.54) is 0 Å². The van der Waals surface area contributed by atoms with E-state index in [4.69, 9.17) is 0 Å². The van der Waals surface area contributed by atoms with Gasteiger partial charge in [-0.3, -0.25) is 4.79 Å². The highest BCUT2D eigenvalue weighted by Crippen LogP contribution is 2.27. The Hall–Kier alpha value is -0.830. The number of rotatable bonds is 5. The standard InChI is InChI=1S/C13H18BrNO/c1-4-15(8-10(2)3)13-6-5-11(9-16)7-12(13)14/h5-7,9-10H,4,8H2,1-3H3. The highest BCUT2D eigenvalue weighted by atomic mass is 79.9. The molecule has 88 valence electrons. The molecule has 1 aromatic rings. The molecule has 0 bridgehead atoms. The molecule has 0 atom stereocenters. The van der Waals surface area contributed by atoms with Gasteiger partial charge in [0, 0.05) is 23.1 Å². The van der Waals surface area contributed by atoms with Crippen molar-refractivity contribution in [2.45, 2.75) is 20.8 Å². The van der Waals surface area contributed by atoms with Crippen LogP contribution < -0.4 is 4.90 Å². The van der Waals surface area contributed by atoms with Crippen molar-refractivity contribution in [3.05, 3.63) is 28.2 Å². The molecule has 0 saturated heterocycles. The van der Waals surface area contributed by atoms with Gasteiger partial charge in [-0.1, -0.05) is 13.8 Å². The van der Waals surface area contributed by atoms with E-state index in [1.54, 1.807) is 0 Å². The predicted molar refractivity (Wildman–Crippen MR) is 72.3 cm³/mol. The average molecular weight is 284 g/mol. The van der Waals surface area contributed by atoms with Crippen molar-refractivity contribution in [2.24, 2.45) is 5.92 Å². The molecule has 3 heteroatoms. The molecule has 0 saturated carbocycles. The largest absolute Gasteiger partial charge is 0.371 e. The van der Waals surface area contributed by atoms with Crippen molar-refractivity contribution in [1.29, 1.82) is 0 Å². The summed E-state index contributed by atoms with van der Waals surface area (Å²) in [5.74, 6) is 0.623. The van der Waals surface area contributed by atoms with Crippen LogP contribution in [-0.2, 0) is 0 Å². The summed E-state index contributed by atoms with van der Waals surface area (Å²) in [6, 6.07) is 5.72. The quantitative estimate of drug-likeness (QED) is 0.768. The number of nitrogens with zero attached hydrogens (tertiary/aromatic N) is 1. The minimum atomic E-state index is 0.623. The van der Waals surface area contributed by atoms with Crippen molar-refractivity contribution in [2.75, 3.05) is 18.0 Å². The summed E-state index contributed by atoms with van der Waals surface area (Å²) in [6.45, 7) is 8.54. The van der Waals surface area contributed by atoms with Crippen LogP contribution in [0.4, 0.5) is 5.69 Å². The molecule has 0 radical (unpaired) electrons. The number of hydrogen-bond donors (Lipinski definition) is 0. The minimum absolute atomic E-state index is 0.623. The second-order valence-corrected chi connectivity index (χ2v) is 5.12. The molecule has 0 N–H and O–H groups in total. The van der Waals surface area contributed by atoms with Gasteiger partial charge in [0.1, 0.15) is 6.29 Å². The van der Waals surface area contributed by atoms with E-state index in [-0.39, 0.29) is 0 Å². The molecule has 0 spiro atoms. The summed E-state index contributed by atoms with van der Waals surface area (Å²) >= 11 is 3.52. The van der Waals surface area contributed by atoms with Crippen molar-refractivity contribution >= 4 is 27.9 Å². The molecule has 0 heterocycles. The molecule has 0 amide bonds. The summed E-state index contributed by atoms with van der Waals surface area (Å²) < 4.78 is 0.986. The lowest BCUT2D eigenvalue weighted by molar-refractivity contribution is 0.112. The Bertz CT molecular complexity index is 363. The highest BCUT2D eigenvalue weighted by Gasteiger charge is 2.10. The molecule has 0 aliphatic carbocycles. The number of benzene rings is 1. The Morgan fingerprint density at radius 3 is 2.56 bits per heavy atom. The fourth-order valence-electron chi connectivity index (χ4n) is 1.69. The lowest BCUT2D eigenvalue weighted by Gasteiger charge is -2.26. The van der Waals surface area contributed by atoms with E-state index in [9.17, 15) is 4.79 Å². The van der Waals surface area contributed by atoms with Gasteiger partial charge in [0.25, 0.3) is 0 Å². The monoisotopic (exact) mass is 283 g/mol. The minimum Gasteiger partial charge on any atom is -0.371 e. The number of anilines is 1. The van der Waals surface area contributed by atoms with Gasteiger partial charge in [-0.05, 0) is 47.0 Å². The van der Waals surface area contributed by atoms with Crippen molar-refractivity contribution < 1.29 is 4.79 Å². The van der Waals surface area contributed by atoms with Gasteiger partial charge in [-0.25, -0.2) is 0 Å². The van der Waals surface area contributed by atoms with Crippen LogP contribution in [0.3, 0.4) is 0 Å². The van der Waals surface area contributed by atoms with E-state index in [0.29, 0.717) is 11.5 Å². The zero-order valence-corrected chi connectivity index (χ0v) is 11.6. The summed E-state index contributed by atoms with van der Waals surface area (Å²) in [6.07, 6.45) is 0.868. The van der Waals surface area contributed by atoms with Crippen LogP contribution in [0.15, 0.2) is 22.7 Å². The topological polar surface area (TPSA) is 20.3 Å². The first-order valence-corrected chi connectivity index (χ1v) is 6.37. The first-order valence-electron chi connectivity index (χ1n) is 5.58. The van der Waals surface area contributed by atoms with Gasteiger partial charge in [-0.15, -0.1) is 0 Å². The Morgan fingerprint density at radius 1 is 1.44 bits per heavy atom. The average Bonchev–Trinajstić information content (AvgIpc) is 2.25. The maximum absolute atomic E-state index is 10.7. The number of halogens is 1. The molecule has 16 heavy (non-hydrogen) atoms. The molecule has 0 aromatic heterocycles. The first-order chi connectivity index (χ1) is 7.58. The van der Waals surface area contributed by atoms with Crippen LogP contribution in [0.25, 0.3) is 0 Å². The molecular weight excluding hydrogens is 266 g/mol. The summed E-state index contributed by atoms with van der Waals surface area (Å²) in [7, 11) is 0. The predicted octanol–water partition coefficient (Wildman–Crippen LogP) is 3.74. The molecule has 0 aliphatic heterocycles. The lowest BCUT2D eigenvalue weighted by Crippen LogP contribution is -2.27. The maximum atomic E-state index is 10.7. The third-order valence-corrected chi connectivity index (χ3v) is 3.05. The zero-order chi connectivity index (χ0) is 12.1. The van der Waals surface area contributed by atoms with E-state index >= 15 is 0 Å². The van der Waals surface area contributed by atoms with Gasteiger partial charge >= 0.3 is 0 Å². The number of aldehydes is 1. The SMILES string of the molecule is CCN(CC(C)C)c1ccc(C=O)cc1Br. The van der Waals surface area contributed by atoms with Gasteiger partial charge in [-0.2, -0.15) is 0 Å². The fraction of sp³-hybridized carbons (Fsp3) is 0.462. The summed E-state index contributed by atoms with van der Waals surface area (Å²) in [5.41, 5.74) is 1.86. The third-order valence-electron chi connectivity index (χ3n) is 2.42. The van der Waals surface area contributed by atoms with Gasteiger partial charge in [0.2, 0.25) is 0 Å². The smallest absolute Gasteiger partial charge is 0.150 e. The molecule has 1 aromatic carbocycles. The third kappa shape index (κ3) is 3.34. The van der Waals surface area contributed by atoms with E-state index in [0.717, 1.165) is 29.5 Å². The zero-order valence-electron chi connectivity index (χ0n) is 10.0. The highest BCUT2D eigenvalue weighted by molar-refractivity contribution is 9.10. The van der Waals surface area contributed by atoms with Crippen LogP contribution in [0.1, 0.15) is 31.1 Å². The van der Waals surface area contributed by atoms with Crippen LogP contribution >= 0.6 is 15.9 Å². The van der Waals surface area contributed by atoms with Crippen LogP contribution in [0, 0.1) is 5.92 Å². The van der Waals surface area contributed by atoms with E-state index < -0.39 is 0 Å². The molecule has 1 rings (SSSR count). The Balaban J connectivity index is 2.96. The molecule has 2 nitrogen and oxygen atoms in total. The Kier molecular flexibility index (Phi) is 5.00. The number of carbonyl (C=O) groups is 1. The van der Waals surface area contributed by atoms with Crippen molar-refractivity contribution in [3.63, 3.8) is 0 Å². The van der Waals surface area contributed by atoms with Gasteiger partial charge < -0.3 is 4.90 Å². The maximum Gasteiger partial charge on any atom is 0.150 e. The second kappa shape index (κ2) is 6.04.